The minimum Gasteiger partial charge on any atom is -0.324 e. The van der Waals surface area contributed by atoms with Gasteiger partial charge in [0.25, 0.3) is 0 Å². The third-order valence-corrected chi connectivity index (χ3v) is 4.85. The summed E-state index contributed by atoms with van der Waals surface area (Å²) in [6.07, 6.45) is 11.3. The Bertz CT molecular complexity index is 1340. The maximum Gasteiger partial charge on any atom is 0.227 e. The van der Waals surface area contributed by atoms with E-state index in [-0.39, 0.29) is 11.6 Å². The molecule has 0 saturated carbocycles. The van der Waals surface area contributed by atoms with Gasteiger partial charge in [-0.3, -0.25) is 9.67 Å². The Labute approximate surface area is 196 Å². The minimum absolute atomic E-state index is 0.321. The molecule has 0 fully saturated rings. The van der Waals surface area contributed by atoms with E-state index in [1.54, 1.807) is 54.5 Å². The zero-order valence-corrected chi connectivity index (χ0v) is 18.5. The summed E-state index contributed by atoms with van der Waals surface area (Å²) in [6, 6.07) is 11.5. The lowest BCUT2D eigenvalue weighted by atomic mass is 10.1. The standard InChI is InChI=1S/C26H22F2N6/c1-3-20(27)7-6-18(2)16-34-17-23(25(33-34)19-5-4-13-29-15-19)24-12-14-30-26(32-24)31-22-10-8-21(28)9-11-22/h3-15,17H,2,16H2,1H3,(H,30,31,32)/b7-6-,20-3+. The summed E-state index contributed by atoms with van der Waals surface area (Å²) in [6.45, 7) is 5.99. The van der Waals surface area contributed by atoms with Gasteiger partial charge in [-0.1, -0.05) is 18.7 Å². The van der Waals surface area contributed by atoms with E-state index in [9.17, 15) is 8.78 Å². The Balaban J connectivity index is 1.67. The second-order valence-corrected chi connectivity index (χ2v) is 7.39. The van der Waals surface area contributed by atoms with E-state index in [0.29, 0.717) is 35.1 Å². The molecule has 0 atom stereocenters. The van der Waals surface area contributed by atoms with E-state index >= 15 is 0 Å². The Morgan fingerprint density at radius 2 is 1.94 bits per heavy atom. The van der Waals surface area contributed by atoms with E-state index in [1.165, 1.54) is 24.3 Å². The third kappa shape index (κ3) is 5.66. The number of rotatable bonds is 8. The molecule has 1 aromatic carbocycles. The number of hydrogen-bond donors (Lipinski definition) is 1. The normalized spacial score (nSPS) is 11.7. The van der Waals surface area contributed by atoms with Crippen LogP contribution >= 0.6 is 0 Å². The summed E-state index contributed by atoms with van der Waals surface area (Å²) in [5, 5.41) is 7.80. The van der Waals surface area contributed by atoms with Crippen molar-refractivity contribution in [1.82, 2.24) is 24.7 Å². The van der Waals surface area contributed by atoms with Crippen LogP contribution in [-0.4, -0.2) is 24.7 Å². The molecule has 3 heterocycles. The number of benzene rings is 1. The molecule has 6 nitrogen and oxygen atoms in total. The van der Waals surface area contributed by atoms with E-state index < -0.39 is 0 Å². The van der Waals surface area contributed by atoms with Gasteiger partial charge in [0.2, 0.25) is 5.95 Å². The summed E-state index contributed by atoms with van der Waals surface area (Å²) >= 11 is 0. The number of allylic oxidation sites excluding steroid dienone is 5. The average molecular weight is 457 g/mol. The highest BCUT2D eigenvalue weighted by Gasteiger charge is 2.15. The zero-order valence-electron chi connectivity index (χ0n) is 18.5. The molecule has 4 aromatic rings. The Morgan fingerprint density at radius 1 is 1.12 bits per heavy atom. The molecule has 3 aromatic heterocycles. The van der Waals surface area contributed by atoms with Crippen molar-refractivity contribution in [1.29, 1.82) is 0 Å². The van der Waals surface area contributed by atoms with E-state index in [2.05, 4.69) is 26.8 Å². The summed E-state index contributed by atoms with van der Waals surface area (Å²) < 4.78 is 28.4. The number of anilines is 2. The fraction of sp³-hybridized carbons (Fsp3) is 0.0769. The molecule has 34 heavy (non-hydrogen) atoms. The fourth-order valence-corrected chi connectivity index (χ4v) is 3.19. The highest BCUT2D eigenvalue weighted by molar-refractivity contribution is 5.78. The fourth-order valence-electron chi connectivity index (χ4n) is 3.19. The SMILES string of the molecule is C=C(/C=C\C(F)=C/C)Cn1cc(-c2ccnc(Nc3ccc(F)cc3)n2)c(-c2cccnc2)n1. The Morgan fingerprint density at radius 3 is 2.68 bits per heavy atom. The molecule has 0 saturated heterocycles. The van der Waals surface area contributed by atoms with Gasteiger partial charge in [0, 0.05) is 41.6 Å². The van der Waals surface area contributed by atoms with Crippen LogP contribution in [0.3, 0.4) is 0 Å². The van der Waals surface area contributed by atoms with Crippen molar-refractivity contribution < 1.29 is 8.78 Å². The second kappa shape index (κ2) is 10.4. The van der Waals surface area contributed by atoms with Gasteiger partial charge in [-0.2, -0.15) is 5.10 Å². The maximum absolute atomic E-state index is 13.4. The number of nitrogens with zero attached hydrogens (tertiary/aromatic N) is 5. The van der Waals surface area contributed by atoms with Crippen LogP contribution in [0.25, 0.3) is 22.5 Å². The lowest BCUT2D eigenvalue weighted by Gasteiger charge is -2.07. The van der Waals surface area contributed by atoms with Crippen molar-refractivity contribution in [2.24, 2.45) is 0 Å². The summed E-state index contributed by atoms with van der Waals surface area (Å²) in [5.74, 6) is -0.290. The molecule has 8 heteroatoms. The second-order valence-electron chi connectivity index (χ2n) is 7.39. The summed E-state index contributed by atoms with van der Waals surface area (Å²) in [5.41, 5.74) is 4.28. The molecular formula is C26H22F2N6. The first-order valence-electron chi connectivity index (χ1n) is 10.5. The molecule has 1 N–H and O–H groups in total. The van der Waals surface area contributed by atoms with E-state index in [0.717, 1.165) is 11.1 Å². The molecule has 0 aliphatic rings. The number of halogens is 2. The van der Waals surface area contributed by atoms with Gasteiger partial charge in [0.15, 0.2) is 0 Å². The van der Waals surface area contributed by atoms with Crippen LogP contribution in [0.2, 0.25) is 0 Å². The molecule has 0 amide bonds. The van der Waals surface area contributed by atoms with Crippen LogP contribution in [-0.2, 0) is 6.54 Å². The van der Waals surface area contributed by atoms with Crippen LogP contribution in [0.1, 0.15) is 6.92 Å². The number of aromatic nitrogens is 5. The molecule has 0 radical (unpaired) electrons. The highest BCUT2D eigenvalue weighted by Crippen LogP contribution is 2.30. The van der Waals surface area contributed by atoms with E-state index in [1.807, 2.05) is 18.3 Å². The number of nitrogens with one attached hydrogen (secondary N) is 1. The number of pyridine rings is 1. The van der Waals surface area contributed by atoms with Crippen molar-refractivity contribution in [3.05, 3.63) is 109 Å². The van der Waals surface area contributed by atoms with Gasteiger partial charge < -0.3 is 5.32 Å². The highest BCUT2D eigenvalue weighted by atomic mass is 19.1. The van der Waals surface area contributed by atoms with Crippen LogP contribution < -0.4 is 5.32 Å². The first kappa shape index (κ1) is 22.7. The van der Waals surface area contributed by atoms with Crippen molar-refractivity contribution in [3.63, 3.8) is 0 Å². The van der Waals surface area contributed by atoms with Crippen molar-refractivity contribution >= 4 is 11.6 Å². The van der Waals surface area contributed by atoms with Gasteiger partial charge >= 0.3 is 0 Å². The minimum atomic E-state index is -0.333. The smallest absolute Gasteiger partial charge is 0.227 e. The Hall–Kier alpha value is -4.46. The van der Waals surface area contributed by atoms with Gasteiger partial charge in [0.05, 0.1) is 12.2 Å². The van der Waals surface area contributed by atoms with Crippen LogP contribution in [0.4, 0.5) is 20.4 Å². The summed E-state index contributed by atoms with van der Waals surface area (Å²) in [4.78, 5) is 13.1. The van der Waals surface area contributed by atoms with Crippen LogP contribution in [0.5, 0.6) is 0 Å². The predicted molar refractivity (Wildman–Crippen MR) is 129 cm³/mol. The van der Waals surface area contributed by atoms with E-state index in [4.69, 9.17) is 5.10 Å². The lowest BCUT2D eigenvalue weighted by molar-refractivity contribution is 0.628. The average Bonchev–Trinajstić information content (AvgIpc) is 3.28. The molecular weight excluding hydrogens is 434 g/mol. The molecule has 0 spiro atoms. The molecule has 170 valence electrons. The first-order valence-corrected chi connectivity index (χ1v) is 10.5. The van der Waals surface area contributed by atoms with Crippen LogP contribution in [0.15, 0.2) is 103 Å². The summed E-state index contributed by atoms with van der Waals surface area (Å²) in [7, 11) is 0. The molecule has 0 aliphatic carbocycles. The third-order valence-electron chi connectivity index (χ3n) is 4.85. The zero-order chi connectivity index (χ0) is 23.9. The lowest BCUT2D eigenvalue weighted by Crippen LogP contribution is -1.99. The van der Waals surface area contributed by atoms with Crippen molar-refractivity contribution in [2.45, 2.75) is 13.5 Å². The predicted octanol–water partition coefficient (Wildman–Crippen LogP) is 6.27. The molecule has 0 unspecified atom stereocenters. The van der Waals surface area contributed by atoms with Gasteiger partial charge in [-0.15, -0.1) is 0 Å². The van der Waals surface area contributed by atoms with Gasteiger partial charge in [-0.05, 0) is 61.0 Å². The maximum atomic E-state index is 13.4. The Kier molecular flexibility index (Phi) is 6.98. The van der Waals surface area contributed by atoms with Gasteiger partial charge in [-0.25, -0.2) is 18.7 Å². The van der Waals surface area contributed by atoms with Crippen LogP contribution in [0, 0.1) is 5.82 Å². The van der Waals surface area contributed by atoms with Crippen molar-refractivity contribution in [3.8, 4) is 22.5 Å². The largest absolute Gasteiger partial charge is 0.324 e. The van der Waals surface area contributed by atoms with Crippen molar-refractivity contribution in [2.75, 3.05) is 5.32 Å². The number of hydrogen-bond acceptors (Lipinski definition) is 5. The van der Waals surface area contributed by atoms with Gasteiger partial charge in [0.1, 0.15) is 17.3 Å². The quantitative estimate of drug-likeness (QED) is 0.317. The topological polar surface area (TPSA) is 68.5 Å². The molecule has 4 rings (SSSR count). The monoisotopic (exact) mass is 456 g/mol. The molecule has 0 bridgehead atoms. The first-order chi connectivity index (χ1) is 16.5. The molecule has 0 aliphatic heterocycles.